The van der Waals surface area contributed by atoms with E-state index in [2.05, 4.69) is 25.3 Å². The van der Waals surface area contributed by atoms with Crippen LogP contribution in [-0.2, 0) is 9.59 Å². The van der Waals surface area contributed by atoms with Crippen molar-refractivity contribution in [3.63, 3.8) is 0 Å². The maximum Gasteiger partial charge on any atom is 0.219 e. The zero-order chi connectivity index (χ0) is 20.3. The highest BCUT2D eigenvalue weighted by Crippen LogP contribution is 2.37. The van der Waals surface area contributed by atoms with Gasteiger partial charge in [-0.2, -0.15) is 0 Å². The molecule has 140 valence electrons. The molecule has 0 radical (unpaired) electrons. The van der Waals surface area contributed by atoms with E-state index in [1.54, 1.807) is 6.92 Å². The Morgan fingerprint density at radius 3 is 2.25 bits per heavy atom. The molecule has 0 aliphatic rings. The second kappa shape index (κ2) is 8.63. The molecule has 4 heteroatoms. The third-order valence-corrected chi connectivity index (χ3v) is 6.28. The van der Waals surface area contributed by atoms with Crippen molar-refractivity contribution in [2.45, 2.75) is 23.6 Å². The highest BCUT2D eigenvalue weighted by atomic mass is 32.2. The van der Waals surface area contributed by atoms with Gasteiger partial charge in [0, 0.05) is 9.79 Å². The molecule has 0 N–H and O–H groups in total. The Hall–Kier alpha value is -2.56. The Morgan fingerprint density at radius 1 is 0.929 bits per heavy atom. The van der Waals surface area contributed by atoms with E-state index in [1.165, 1.54) is 29.6 Å². The van der Waals surface area contributed by atoms with Gasteiger partial charge in [-0.15, -0.1) is 0 Å². The number of hydrogen-bond acceptors (Lipinski definition) is 4. The second-order valence-corrected chi connectivity index (χ2v) is 8.52. The molecule has 0 aliphatic carbocycles. The normalized spacial score (nSPS) is 10.6. The van der Waals surface area contributed by atoms with E-state index in [0.29, 0.717) is 5.57 Å². The molecule has 3 aromatic carbocycles. The molecule has 0 unspecified atom stereocenters. The van der Waals surface area contributed by atoms with Crippen LogP contribution in [0.3, 0.4) is 0 Å². The molecular formula is C24H20O2S2. The first kappa shape index (κ1) is 20.2. The molecule has 0 atom stereocenters. The number of thioether (sulfide) groups is 2. The van der Waals surface area contributed by atoms with Crippen LogP contribution in [-0.4, -0.2) is 10.2 Å². The molecule has 0 aromatic heterocycles. The summed E-state index contributed by atoms with van der Waals surface area (Å²) in [6.07, 6.45) is 1.33. The molecule has 0 aliphatic heterocycles. The summed E-state index contributed by atoms with van der Waals surface area (Å²) in [5.74, 6) is 0. The fraction of sp³-hybridized carbons (Fsp3) is 0.0833. The van der Waals surface area contributed by atoms with Gasteiger partial charge in [0.2, 0.25) is 10.2 Å². The lowest BCUT2D eigenvalue weighted by Gasteiger charge is -2.13. The number of carbonyl (C=O) groups is 2. The Morgan fingerprint density at radius 2 is 1.61 bits per heavy atom. The Kier molecular flexibility index (Phi) is 6.22. The molecule has 3 aromatic rings. The zero-order valence-corrected chi connectivity index (χ0v) is 17.5. The minimum Gasteiger partial charge on any atom is -0.282 e. The standard InChI is InChI=1S/C24H20O2S2/c1-5-23(25)28-22-13-12-20(19-8-6-7-9-21(19)22)18-11-10-17(14-16(18)4)27-24(26)15(2)3/h5-14H,1-2H2,3-4H3. The first-order valence-electron chi connectivity index (χ1n) is 8.75. The molecule has 0 bridgehead atoms. The van der Waals surface area contributed by atoms with Crippen LogP contribution in [0.4, 0.5) is 0 Å². The minimum atomic E-state index is -0.0716. The molecule has 0 amide bonds. The third kappa shape index (κ3) is 4.29. The molecule has 0 saturated carbocycles. The number of benzene rings is 3. The van der Waals surface area contributed by atoms with Gasteiger partial charge in [-0.1, -0.05) is 49.6 Å². The maximum atomic E-state index is 11.9. The van der Waals surface area contributed by atoms with Crippen molar-refractivity contribution in [1.29, 1.82) is 0 Å². The van der Waals surface area contributed by atoms with Crippen LogP contribution >= 0.6 is 23.5 Å². The number of hydrogen-bond donors (Lipinski definition) is 0. The van der Waals surface area contributed by atoms with Gasteiger partial charge in [0.15, 0.2) is 0 Å². The predicted octanol–water partition coefficient (Wildman–Crippen LogP) is 6.81. The Balaban J connectivity index is 2.06. The fourth-order valence-electron chi connectivity index (χ4n) is 2.94. The van der Waals surface area contributed by atoms with Gasteiger partial charge >= 0.3 is 0 Å². The van der Waals surface area contributed by atoms with Crippen molar-refractivity contribution in [3.05, 3.63) is 85.0 Å². The zero-order valence-electron chi connectivity index (χ0n) is 15.8. The van der Waals surface area contributed by atoms with Crippen molar-refractivity contribution in [3.8, 4) is 11.1 Å². The van der Waals surface area contributed by atoms with Gasteiger partial charge in [-0.05, 0) is 94.7 Å². The summed E-state index contributed by atoms with van der Waals surface area (Å²) in [4.78, 5) is 25.6. The topological polar surface area (TPSA) is 34.1 Å². The Bertz CT molecular complexity index is 1110. The van der Waals surface area contributed by atoms with Gasteiger partial charge in [0.05, 0.1) is 0 Å². The summed E-state index contributed by atoms with van der Waals surface area (Å²) in [6.45, 7) is 11.0. The monoisotopic (exact) mass is 404 g/mol. The van der Waals surface area contributed by atoms with Gasteiger partial charge in [-0.25, -0.2) is 0 Å². The summed E-state index contributed by atoms with van der Waals surface area (Å²) in [7, 11) is 0. The van der Waals surface area contributed by atoms with E-state index in [0.717, 1.165) is 37.3 Å². The quantitative estimate of drug-likeness (QED) is 0.345. The van der Waals surface area contributed by atoms with E-state index in [1.807, 2.05) is 49.4 Å². The molecule has 2 nitrogen and oxygen atoms in total. The lowest BCUT2D eigenvalue weighted by atomic mass is 9.95. The van der Waals surface area contributed by atoms with Crippen LogP contribution < -0.4 is 0 Å². The lowest BCUT2D eigenvalue weighted by Crippen LogP contribution is -1.93. The number of rotatable bonds is 5. The summed E-state index contributed by atoms with van der Waals surface area (Å²) >= 11 is 2.38. The molecule has 3 rings (SSSR count). The van der Waals surface area contributed by atoms with Gasteiger partial charge in [-0.3, -0.25) is 9.59 Å². The molecule has 0 spiro atoms. The average Bonchev–Trinajstić information content (AvgIpc) is 2.68. The van der Waals surface area contributed by atoms with E-state index in [-0.39, 0.29) is 10.2 Å². The van der Waals surface area contributed by atoms with Crippen molar-refractivity contribution >= 4 is 44.5 Å². The molecule has 0 heterocycles. The summed E-state index contributed by atoms with van der Waals surface area (Å²) in [5, 5.41) is 2.03. The van der Waals surface area contributed by atoms with E-state index < -0.39 is 0 Å². The van der Waals surface area contributed by atoms with Crippen LogP contribution in [0.1, 0.15) is 12.5 Å². The van der Waals surface area contributed by atoms with E-state index in [4.69, 9.17) is 0 Å². The highest BCUT2D eigenvalue weighted by Gasteiger charge is 2.13. The molecule has 0 saturated heterocycles. The second-order valence-electron chi connectivity index (χ2n) is 6.43. The van der Waals surface area contributed by atoms with Crippen LogP contribution in [0.25, 0.3) is 21.9 Å². The average molecular weight is 405 g/mol. The van der Waals surface area contributed by atoms with E-state index in [9.17, 15) is 9.59 Å². The first-order valence-corrected chi connectivity index (χ1v) is 10.4. The van der Waals surface area contributed by atoms with Crippen molar-refractivity contribution in [2.75, 3.05) is 0 Å². The van der Waals surface area contributed by atoms with Crippen LogP contribution in [0.5, 0.6) is 0 Å². The molecular weight excluding hydrogens is 384 g/mol. The smallest absolute Gasteiger partial charge is 0.219 e. The van der Waals surface area contributed by atoms with E-state index >= 15 is 0 Å². The maximum absolute atomic E-state index is 11.9. The van der Waals surface area contributed by atoms with Crippen molar-refractivity contribution in [1.82, 2.24) is 0 Å². The number of fused-ring (bicyclic) bond motifs is 1. The highest BCUT2D eigenvalue weighted by molar-refractivity contribution is 8.14. The van der Waals surface area contributed by atoms with Crippen molar-refractivity contribution in [2.24, 2.45) is 0 Å². The number of carbonyl (C=O) groups excluding carboxylic acids is 2. The van der Waals surface area contributed by atoms with Crippen LogP contribution in [0.2, 0.25) is 0 Å². The van der Waals surface area contributed by atoms with Gasteiger partial charge < -0.3 is 0 Å². The minimum absolute atomic E-state index is 0.0223. The fourth-order valence-corrected chi connectivity index (χ4v) is 4.43. The lowest BCUT2D eigenvalue weighted by molar-refractivity contribution is -0.108. The van der Waals surface area contributed by atoms with Gasteiger partial charge in [0.25, 0.3) is 0 Å². The Labute approximate surface area is 173 Å². The van der Waals surface area contributed by atoms with Crippen LogP contribution in [0, 0.1) is 6.92 Å². The third-order valence-electron chi connectivity index (χ3n) is 4.31. The van der Waals surface area contributed by atoms with Crippen LogP contribution in [0.15, 0.2) is 89.2 Å². The predicted molar refractivity (Wildman–Crippen MR) is 121 cm³/mol. The van der Waals surface area contributed by atoms with Crippen molar-refractivity contribution < 1.29 is 9.59 Å². The summed E-state index contributed by atoms with van der Waals surface area (Å²) in [5.41, 5.74) is 3.84. The van der Waals surface area contributed by atoms with Gasteiger partial charge in [0.1, 0.15) is 0 Å². The SMILES string of the molecule is C=CC(=O)Sc1ccc(-c2ccc(SC(=O)C(=C)C)cc2C)c2ccccc12. The summed E-state index contributed by atoms with van der Waals surface area (Å²) < 4.78 is 0. The largest absolute Gasteiger partial charge is 0.282 e. The number of aryl methyl sites for hydroxylation is 1. The molecule has 28 heavy (non-hydrogen) atoms. The molecule has 0 fully saturated rings. The first-order chi connectivity index (χ1) is 13.4. The summed E-state index contributed by atoms with van der Waals surface area (Å²) in [6, 6.07) is 18.2.